The van der Waals surface area contributed by atoms with Gasteiger partial charge in [-0.2, -0.15) is 0 Å². The second-order valence-electron chi connectivity index (χ2n) is 3.91. The minimum atomic E-state index is -0.255. The second-order valence-corrected chi connectivity index (χ2v) is 3.91. The van der Waals surface area contributed by atoms with E-state index < -0.39 is 0 Å². The van der Waals surface area contributed by atoms with Gasteiger partial charge in [0.05, 0.1) is 6.04 Å². The normalized spacial score (nSPS) is 17.4. The number of benzene rings is 1. The third-order valence-corrected chi connectivity index (χ3v) is 2.64. The molecule has 0 aromatic heterocycles. The van der Waals surface area contributed by atoms with E-state index in [4.69, 9.17) is 5.73 Å². The van der Waals surface area contributed by atoms with Crippen LogP contribution in [0.25, 0.3) is 0 Å². The predicted molar refractivity (Wildman–Crippen MR) is 60.7 cm³/mol. The third-order valence-electron chi connectivity index (χ3n) is 2.64. The van der Waals surface area contributed by atoms with Crippen LogP contribution in [0.1, 0.15) is 0 Å². The fourth-order valence-electron chi connectivity index (χ4n) is 1.78. The number of anilines is 2. The Balaban J connectivity index is 1.77. The molecule has 82 valence electrons. The molecule has 0 atom stereocenters. The van der Waals surface area contributed by atoms with Crippen LogP contribution in [-0.2, 0) is 0 Å². The van der Waals surface area contributed by atoms with Crippen molar-refractivity contribution in [2.75, 3.05) is 37.4 Å². The van der Waals surface area contributed by atoms with E-state index in [2.05, 4.69) is 10.2 Å². The number of rotatable bonds is 4. The zero-order valence-corrected chi connectivity index (χ0v) is 8.62. The van der Waals surface area contributed by atoms with Gasteiger partial charge in [0.25, 0.3) is 0 Å². The number of nitrogen functional groups attached to an aromatic ring is 1. The van der Waals surface area contributed by atoms with Crippen LogP contribution in [0.15, 0.2) is 24.3 Å². The summed E-state index contributed by atoms with van der Waals surface area (Å²) in [5.41, 5.74) is 7.44. The van der Waals surface area contributed by atoms with Gasteiger partial charge in [0.15, 0.2) is 0 Å². The third kappa shape index (κ3) is 2.59. The maximum atomic E-state index is 12.0. The molecule has 1 fully saturated rings. The monoisotopic (exact) mass is 209 g/mol. The number of nitrogens with zero attached hydrogens (tertiary/aromatic N) is 1. The summed E-state index contributed by atoms with van der Waals surface area (Å²) in [5, 5.41) is 3.37. The molecule has 0 spiro atoms. The van der Waals surface area contributed by atoms with Gasteiger partial charge < -0.3 is 11.1 Å². The largest absolute Gasteiger partial charge is 0.399 e. The molecule has 0 aliphatic carbocycles. The molecule has 4 heteroatoms. The molecule has 0 bridgehead atoms. The lowest BCUT2D eigenvalue weighted by molar-refractivity contribution is 0.150. The maximum Gasteiger partial charge on any atom is 0.102 e. The van der Waals surface area contributed by atoms with E-state index in [9.17, 15) is 4.39 Å². The first-order valence-corrected chi connectivity index (χ1v) is 5.18. The fourth-order valence-corrected chi connectivity index (χ4v) is 1.78. The zero-order valence-electron chi connectivity index (χ0n) is 8.62. The molecule has 3 N–H and O–H groups in total. The second kappa shape index (κ2) is 4.49. The summed E-state index contributed by atoms with van der Waals surface area (Å²) in [6.07, 6.45) is 0. The van der Waals surface area contributed by atoms with E-state index >= 15 is 0 Å². The summed E-state index contributed by atoms with van der Waals surface area (Å²) in [5.74, 6) is 0. The summed E-state index contributed by atoms with van der Waals surface area (Å²) >= 11 is 0. The molecule has 0 saturated carbocycles. The first kappa shape index (κ1) is 10.2. The molecule has 1 aromatic carbocycles. The number of halogens is 1. The van der Waals surface area contributed by atoms with Crippen molar-refractivity contribution in [3.63, 3.8) is 0 Å². The van der Waals surface area contributed by atoms with Crippen LogP contribution in [0.2, 0.25) is 0 Å². The van der Waals surface area contributed by atoms with E-state index in [-0.39, 0.29) is 6.67 Å². The van der Waals surface area contributed by atoms with Crippen LogP contribution in [0.3, 0.4) is 0 Å². The molecule has 0 amide bonds. The molecular weight excluding hydrogens is 193 g/mol. The molecule has 3 nitrogen and oxygen atoms in total. The Morgan fingerprint density at radius 2 is 2.00 bits per heavy atom. The standard InChI is InChI=1S/C11H16FN3/c12-5-6-15-7-11(8-15)14-10-3-1-9(13)2-4-10/h1-4,11,14H,5-8,13H2. The van der Waals surface area contributed by atoms with Crippen LogP contribution in [0.5, 0.6) is 0 Å². The Bertz CT molecular complexity index is 306. The predicted octanol–water partition coefficient (Wildman–Crippen LogP) is 1.33. The molecular formula is C11H16FN3. The van der Waals surface area contributed by atoms with E-state index in [0.29, 0.717) is 12.6 Å². The molecule has 15 heavy (non-hydrogen) atoms. The highest BCUT2D eigenvalue weighted by atomic mass is 19.1. The summed E-state index contributed by atoms with van der Waals surface area (Å²) in [6.45, 7) is 2.15. The molecule has 1 aliphatic heterocycles. The number of likely N-dealkylation sites (tertiary alicyclic amines) is 1. The van der Waals surface area contributed by atoms with Crippen molar-refractivity contribution in [2.45, 2.75) is 6.04 Å². The van der Waals surface area contributed by atoms with Gasteiger partial charge in [0.2, 0.25) is 0 Å². The van der Waals surface area contributed by atoms with Crippen molar-refractivity contribution in [1.29, 1.82) is 0 Å². The van der Waals surface area contributed by atoms with Crippen molar-refractivity contribution >= 4 is 11.4 Å². The number of hydrogen-bond donors (Lipinski definition) is 2. The number of hydrogen-bond acceptors (Lipinski definition) is 3. The lowest BCUT2D eigenvalue weighted by Crippen LogP contribution is -2.55. The Labute approximate surface area is 89.1 Å². The fraction of sp³-hybridized carbons (Fsp3) is 0.455. The van der Waals surface area contributed by atoms with Gasteiger partial charge in [0.1, 0.15) is 6.67 Å². The van der Waals surface area contributed by atoms with Gasteiger partial charge in [-0.15, -0.1) is 0 Å². The first-order chi connectivity index (χ1) is 7.28. The van der Waals surface area contributed by atoms with Gasteiger partial charge in [0, 0.05) is 31.0 Å². The van der Waals surface area contributed by atoms with Crippen LogP contribution in [-0.4, -0.2) is 37.3 Å². The first-order valence-electron chi connectivity index (χ1n) is 5.18. The highest BCUT2D eigenvalue weighted by molar-refractivity contribution is 5.51. The lowest BCUT2D eigenvalue weighted by atomic mass is 10.1. The van der Waals surface area contributed by atoms with Gasteiger partial charge in [-0.1, -0.05) is 0 Å². The molecule has 1 heterocycles. The number of nitrogens with one attached hydrogen (secondary N) is 1. The van der Waals surface area contributed by atoms with Gasteiger partial charge in [-0.05, 0) is 24.3 Å². The topological polar surface area (TPSA) is 41.3 Å². The van der Waals surface area contributed by atoms with E-state index in [0.717, 1.165) is 24.5 Å². The summed E-state index contributed by atoms with van der Waals surface area (Å²) in [6, 6.07) is 8.13. The van der Waals surface area contributed by atoms with Crippen LogP contribution in [0, 0.1) is 0 Å². The zero-order chi connectivity index (χ0) is 10.7. The highest BCUT2D eigenvalue weighted by Gasteiger charge is 2.25. The molecule has 1 aromatic rings. The molecule has 1 aliphatic rings. The van der Waals surface area contributed by atoms with Gasteiger partial charge in [-0.25, -0.2) is 4.39 Å². The molecule has 0 unspecified atom stereocenters. The van der Waals surface area contributed by atoms with E-state index in [1.807, 2.05) is 24.3 Å². The highest BCUT2D eigenvalue weighted by Crippen LogP contribution is 2.16. The Kier molecular flexibility index (Phi) is 3.06. The minimum absolute atomic E-state index is 0.255. The van der Waals surface area contributed by atoms with Crippen molar-refractivity contribution in [1.82, 2.24) is 4.90 Å². The Morgan fingerprint density at radius 3 is 2.60 bits per heavy atom. The average Bonchev–Trinajstić information content (AvgIpc) is 2.18. The minimum Gasteiger partial charge on any atom is -0.399 e. The maximum absolute atomic E-state index is 12.0. The summed E-state index contributed by atoms with van der Waals surface area (Å²) in [7, 11) is 0. The van der Waals surface area contributed by atoms with Gasteiger partial charge in [-0.3, -0.25) is 4.90 Å². The van der Waals surface area contributed by atoms with Crippen LogP contribution in [0.4, 0.5) is 15.8 Å². The van der Waals surface area contributed by atoms with Crippen LogP contribution < -0.4 is 11.1 Å². The smallest absolute Gasteiger partial charge is 0.102 e. The number of nitrogens with two attached hydrogens (primary N) is 1. The SMILES string of the molecule is Nc1ccc(NC2CN(CCF)C2)cc1. The van der Waals surface area contributed by atoms with Crippen molar-refractivity contribution in [3.8, 4) is 0 Å². The Hall–Kier alpha value is -1.29. The molecule has 2 rings (SSSR count). The summed E-state index contributed by atoms with van der Waals surface area (Å²) in [4.78, 5) is 2.09. The number of alkyl halides is 1. The van der Waals surface area contributed by atoms with E-state index in [1.165, 1.54) is 0 Å². The quantitative estimate of drug-likeness (QED) is 0.735. The summed E-state index contributed by atoms with van der Waals surface area (Å²) < 4.78 is 12.0. The molecule has 1 saturated heterocycles. The van der Waals surface area contributed by atoms with E-state index in [1.54, 1.807) is 0 Å². The Morgan fingerprint density at radius 1 is 1.33 bits per heavy atom. The molecule has 0 radical (unpaired) electrons. The lowest BCUT2D eigenvalue weighted by Gasteiger charge is -2.39. The van der Waals surface area contributed by atoms with Gasteiger partial charge >= 0.3 is 0 Å². The van der Waals surface area contributed by atoms with Crippen LogP contribution >= 0.6 is 0 Å². The van der Waals surface area contributed by atoms with Crippen molar-refractivity contribution in [3.05, 3.63) is 24.3 Å². The van der Waals surface area contributed by atoms with Crippen molar-refractivity contribution < 1.29 is 4.39 Å². The average molecular weight is 209 g/mol. The van der Waals surface area contributed by atoms with Crippen molar-refractivity contribution in [2.24, 2.45) is 0 Å².